The number of carbonyl (C=O) groups is 1. The highest BCUT2D eigenvalue weighted by Crippen LogP contribution is 2.46. The average molecular weight is 240 g/mol. The fraction of sp³-hybridized carbons (Fsp3) is 0.500. The maximum Gasteiger partial charge on any atom is 0.442 e. The number of hydrogen-bond donors (Lipinski definition) is 0. The van der Waals surface area contributed by atoms with Crippen molar-refractivity contribution in [3.63, 3.8) is 0 Å². The van der Waals surface area contributed by atoms with Crippen LogP contribution < -0.4 is 0 Å². The van der Waals surface area contributed by atoms with Crippen LogP contribution in [0.5, 0.6) is 0 Å². The molecular formula is C6H3F7O2. The largest absolute Gasteiger partial charge is 0.442 e. The Hall–Kier alpha value is -1.28. The lowest BCUT2D eigenvalue weighted by Crippen LogP contribution is -2.59. The van der Waals surface area contributed by atoms with Crippen molar-refractivity contribution in [2.45, 2.75) is 18.0 Å². The highest BCUT2D eigenvalue weighted by molar-refractivity contribution is 5.82. The van der Waals surface area contributed by atoms with Crippen LogP contribution in [0.25, 0.3) is 0 Å². The Morgan fingerprint density at radius 3 is 1.53 bits per heavy atom. The number of halogens is 7. The van der Waals surface area contributed by atoms with Gasteiger partial charge >= 0.3 is 24.0 Å². The Balaban J connectivity index is 5.42. The van der Waals surface area contributed by atoms with E-state index in [9.17, 15) is 35.5 Å². The third kappa shape index (κ3) is 2.21. The third-order valence-electron chi connectivity index (χ3n) is 1.25. The van der Waals surface area contributed by atoms with Gasteiger partial charge in [-0.1, -0.05) is 6.58 Å². The summed E-state index contributed by atoms with van der Waals surface area (Å²) < 4.78 is 86.2. The van der Waals surface area contributed by atoms with E-state index in [0.29, 0.717) is 0 Å². The van der Waals surface area contributed by atoms with Crippen LogP contribution in [0, 0.1) is 0 Å². The standard InChI is InChI=1S/C6H3F7O2/c1-2-15-3(14)4(7,5(8,9)10)6(11,12)13/h2H,1H2. The summed E-state index contributed by atoms with van der Waals surface area (Å²) in [4.78, 5) is 10.2. The number of rotatable bonds is 2. The molecule has 0 aromatic rings. The third-order valence-corrected chi connectivity index (χ3v) is 1.25. The second-order valence-electron chi connectivity index (χ2n) is 2.23. The summed E-state index contributed by atoms with van der Waals surface area (Å²) in [7, 11) is 0. The van der Waals surface area contributed by atoms with E-state index in [1.165, 1.54) is 0 Å². The topological polar surface area (TPSA) is 26.3 Å². The van der Waals surface area contributed by atoms with Crippen LogP contribution in [0.3, 0.4) is 0 Å². The molecule has 0 fully saturated rings. The molecule has 0 spiro atoms. The van der Waals surface area contributed by atoms with E-state index in [4.69, 9.17) is 0 Å². The predicted octanol–water partition coefficient (Wildman–Crippen LogP) is 2.51. The molecule has 0 aliphatic carbocycles. The Labute approximate surface area is 78.3 Å². The Kier molecular flexibility index (Phi) is 3.39. The molecule has 0 saturated heterocycles. The second-order valence-corrected chi connectivity index (χ2v) is 2.23. The van der Waals surface area contributed by atoms with E-state index in [1.807, 2.05) is 0 Å². The molecule has 0 rings (SSSR count). The summed E-state index contributed by atoms with van der Waals surface area (Å²) in [5.41, 5.74) is -6.05. The van der Waals surface area contributed by atoms with Gasteiger partial charge in [0.25, 0.3) is 0 Å². The van der Waals surface area contributed by atoms with Crippen molar-refractivity contribution in [1.29, 1.82) is 0 Å². The molecule has 0 aliphatic rings. The van der Waals surface area contributed by atoms with Crippen molar-refractivity contribution in [1.82, 2.24) is 0 Å². The van der Waals surface area contributed by atoms with E-state index in [1.54, 1.807) is 0 Å². The molecule has 0 bridgehead atoms. The number of esters is 1. The minimum absolute atomic E-state index is 0.0336. The van der Waals surface area contributed by atoms with Gasteiger partial charge in [-0.05, 0) is 0 Å². The maximum atomic E-state index is 12.6. The van der Waals surface area contributed by atoms with Gasteiger partial charge in [-0.2, -0.15) is 26.3 Å². The molecule has 0 amide bonds. The first-order valence-corrected chi connectivity index (χ1v) is 3.13. The van der Waals surface area contributed by atoms with Crippen LogP contribution in [0.1, 0.15) is 0 Å². The molecule has 0 heterocycles. The summed E-state index contributed by atoms with van der Waals surface area (Å²) in [5, 5.41) is 0. The lowest BCUT2D eigenvalue weighted by atomic mass is 10.1. The summed E-state index contributed by atoms with van der Waals surface area (Å²) in [6, 6.07) is 0. The molecule has 15 heavy (non-hydrogen) atoms. The predicted molar refractivity (Wildman–Crippen MR) is 32.2 cm³/mol. The summed E-state index contributed by atoms with van der Waals surface area (Å²) in [6.45, 7) is 2.53. The molecule has 88 valence electrons. The molecule has 0 aromatic heterocycles. The monoisotopic (exact) mass is 240 g/mol. The lowest BCUT2D eigenvalue weighted by Gasteiger charge is -2.26. The van der Waals surface area contributed by atoms with Crippen molar-refractivity contribution in [2.75, 3.05) is 0 Å². The molecule has 2 nitrogen and oxygen atoms in total. The van der Waals surface area contributed by atoms with E-state index in [-0.39, 0.29) is 6.26 Å². The quantitative estimate of drug-likeness (QED) is 0.421. The van der Waals surface area contributed by atoms with Crippen molar-refractivity contribution >= 4 is 5.97 Å². The highest BCUT2D eigenvalue weighted by atomic mass is 19.4. The van der Waals surface area contributed by atoms with Gasteiger partial charge in [-0.3, -0.25) is 0 Å². The van der Waals surface area contributed by atoms with Crippen LogP contribution in [0.2, 0.25) is 0 Å². The zero-order valence-electron chi connectivity index (χ0n) is 6.75. The highest BCUT2D eigenvalue weighted by Gasteiger charge is 2.78. The molecule has 0 radical (unpaired) electrons. The molecule has 0 aromatic carbocycles. The van der Waals surface area contributed by atoms with Crippen LogP contribution in [-0.2, 0) is 9.53 Å². The minimum atomic E-state index is -6.45. The first-order valence-electron chi connectivity index (χ1n) is 3.13. The van der Waals surface area contributed by atoms with Crippen LogP contribution in [0.15, 0.2) is 12.8 Å². The van der Waals surface area contributed by atoms with E-state index in [0.717, 1.165) is 0 Å². The Morgan fingerprint density at radius 1 is 1.00 bits per heavy atom. The van der Waals surface area contributed by atoms with Gasteiger partial charge in [0.1, 0.15) is 0 Å². The lowest BCUT2D eigenvalue weighted by molar-refractivity contribution is -0.331. The number of ether oxygens (including phenoxy) is 1. The smallest absolute Gasteiger partial charge is 0.432 e. The van der Waals surface area contributed by atoms with Gasteiger partial charge < -0.3 is 4.74 Å². The van der Waals surface area contributed by atoms with Gasteiger partial charge in [-0.15, -0.1) is 0 Å². The second kappa shape index (κ2) is 3.70. The molecule has 0 unspecified atom stereocenters. The van der Waals surface area contributed by atoms with Crippen molar-refractivity contribution in [3.05, 3.63) is 12.8 Å². The van der Waals surface area contributed by atoms with Gasteiger partial charge in [0.05, 0.1) is 6.26 Å². The van der Waals surface area contributed by atoms with E-state index in [2.05, 4.69) is 11.3 Å². The summed E-state index contributed by atoms with van der Waals surface area (Å²) >= 11 is 0. The summed E-state index contributed by atoms with van der Waals surface area (Å²) in [6.07, 6.45) is -12.9. The van der Waals surface area contributed by atoms with Crippen molar-refractivity contribution in [2.24, 2.45) is 0 Å². The molecule has 9 heteroatoms. The average Bonchev–Trinajstić information content (AvgIpc) is 1.99. The molecular weight excluding hydrogens is 237 g/mol. The SMILES string of the molecule is C=COC(=O)C(F)(C(F)(F)F)C(F)(F)F. The van der Waals surface area contributed by atoms with Gasteiger partial charge in [0.15, 0.2) is 0 Å². The zero-order chi connectivity index (χ0) is 12.5. The maximum absolute atomic E-state index is 12.6. The van der Waals surface area contributed by atoms with Crippen molar-refractivity contribution < 1.29 is 40.3 Å². The van der Waals surface area contributed by atoms with Crippen LogP contribution >= 0.6 is 0 Å². The minimum Gasteiger partial charge on any atom is -0.432 e. The first kappa shape index (κ1) is 13.7. The fourth-order valence-corrected chi connectivity index (χ4v) is 0.549. The molecule has 0 atom stereocenters. The molecule has 0 N–H and O–H groups in total. The number of carbonyl (C=O) groups excluding carboxylic acids is 1. The van der Waals surface area contributed by atoms with Crippen molar-refractivity contribution in [3.8, 4) is 0 Å². The number of alkyl halides is 7. The van der Waals surface area contributed by atoms with Gasteiger partial charge in [-0.25, -0.2) is 9.18 Å². The molecule has 0 aliphatic heterocycles. The fourth-order valence-electron chi connectivity index (χ4n) is 0.549. The number of hydrogen-bond acceptors (Lipinski definition) is 2. The van der Waals surface area contributed by atoms with Gasteiger partial charge in [0, 0.05) is 0 Å². The Bertz CT molecular complexity index is 250. The molecule has 0 saturated carbocycles. The Morgan fingerprint density at radius 2 is 1.33 bits per heavy atom. The normalized spacial score (nSPS) is 13.5. The van der Waals surface area contributed by atoms with Gasteiger partial charge in [0.2, 0.25) is 0 Å². The first-order chi connectivity index (χ1) is 6.48. The van der Waals surface area contributed by atoms with E-state index < -0.39 is 24.0 Å². The zero-order valence-corrected chi connectivity index (χ0v) is 6.75. The van der Waals surface area contributed by atoms with Crippen LogP contribution in [0.4, 0.5) is 30.7 Å². The van der Waals surface area contributed by atoms with E-state index >= 15 is 0 Å². The summed E-state index contributed by atoms with van der Waals surface area (Å²) in [5.74, 6) is -3.13. The van der Waals surface area contributed by atoms with Crippen LogP contribution in [-0.4, -0.2) is 24.0 Å².